The summed E-state index contributed by atoms with van der Waals surface area (Å²) in [7, 11) is 0. The third kappa shape index (κ3) is 4.63. The van der Waals surface area contributed by atoms with Crippen molar-refractivity contribution in [2.45, 2.75) is 19.1 Å². The van der Waals surface area contributed by atoms with Gasteiger partial charge in [0.05, 0.1) is 6.34 Å². The predicted molar refractivity (Wildman–Crippen MR) is 86.1 cm³/mol. The Morgan fingerprint density at radius 1 is 1.50 bits per heavy atom. The molecule has 0 aromatic heterocycles. The van der Waals surface area contributed by atoms with Crippen LogP contribution >= 0.6 is 24.0 Å². The average Bonchev–Trinajstić information content (AvgIpc) is 2.40. The summed E-state index contributed by atoms with van der Waals surface area (Å²) in [5.41, 5.74) is 1.27. The first-order chi connectivity index (χ1) is 8.69. The summed E-state index contributed by atoms with van der Waals surface area (Å²) in [4.78, 5) is 5.95. The van der Waals surface area contributed by atoms with Gasteiger partial charge in [0, 0.05) is 18.0 Å². The highest BCUT2D eigenvalue weighted by molar-refractivity contribution is 8.23. The molecule has 0 aliphatic heterocycles. The van der Waals surface area contributed by atoms with E-state index in [1.807, 2.05) is 25.1 Å². The number of nitrogens with zero attached hydrogens (tertiary/aromatic N) is 2. The molecule has 2 nitrogen and oxygen atoms in total. The first-order valence-corrected chi connectivity index (χ1v) is 7.14. The maximum Gasteiger partial charge on any atom is 0.146 e. The minimum absolute atomic E-state index is 0.316. The van der Waals surface area contributed by atoms with Crippen molar-refractivity contribution in [2.75, 3.05) is 6.54 Å². The fraction of sp³-hybridized carbons (Fsp3) is 0.286. The Morgan fingerprint density at radius 2 is 2.17 bits per heavy atom. The van der Waals surface area contributed by atoms with Gasteiger partial charge in [-0.1, -0.05) is 60.9 Å². The van der Waals surface area contributed by atoms with Crippen molar-refractivity contribution in [3.8, 4) is 0 Å². The number of aliphatic imine (C=N–C) groups is 1. The predicted octanol–water partition coefficient (Wildman–Crippen LogP) is 4.26. The molecule has 0 amide bonds. The molecule has 0 bridgehead atoms. The van der Waals surface area contributed by atoms with Crippen LogP contribution in [0.3, 0.4) is 0 Å². The van der Waals surface area contributed by atoms with Gasteiger partial charge < -0.3 is 0 Å². The molecule has 96 valence electrons. The van der Waals surface area contributed by atoms with Crippen LogP contribution in [0.4, 0.5) is 0 Å². The van der Waals surface area contributed by atoms with Crippen LogP contribution in [-0.4, -0.2) is 22.1 Å². The van der Waals surface area contributed by atoms with Crippen LogP contribution in [0, 0.1) is 0 Å². The van der Waals surface area contributed by atoms with Gasteiger partial charge in [-0.25, -0.2) is 0 Å². The quantitative estimate of drug-likeness (QED) is 0.455. The first-order valence-electron chi connectivity index (χ1n) is 5.85. The lowest BCUT2D eigenvalue weighted by Gasteiger charge is -2.18. The SMILES string of the molecule is C=CN(C=NCC)C(=S)SC(C)c1ccccc1. The Bertz CT molecular complexity index is 415. The van der Waals surface area contributed by atoms with Crippen LogP contribution in [0.25, 0.3) is 0 Å². The average molecular weight is 278 g/mol. The lowest BCUT2D eigenvalue weighted by molar-refractivity contribution is 0.882. The Kier molecular flexibility index (Phi) is 6.68. The Hall–Kier alpha value is -1.13. The fourth-order valence-electron chi connectivity index (χ4n) is 1.34. The van der Waals surface area contributed by atoms with Crippen molar-refractivity contribution in [1.29, 1.82) is 0 Å². The molecular weight excluding hydrogens is 260 g/mol. The van der Waals surface area contributed by atoms with E-state index in [1.54, 1.807) is 29.2 Å². The molecular formula is C14H18N2S2. The zero-order valence-electron chi connectivity index (χ0n) is 10.7. The van der Waals surface area contributed by atoms with Gasteiger partial charge in [-0.15, -0.1) is 0 Å². The monoisotopic (exact) mass is 278 g/mol. The van der Waals surface area contributed by atoms with Crippen LogP contribution < -0.4 is 0 Å². The van der Waals surface area contributed by atoms with E-state index in [4.69, 9.17) is 12.2 Å². The normalized spacial score (nSPS) is 12.3. The molecule has 1 aromatic carbocycles. The Morgan fingerprint density at radius 3 is 2.72 bits per heavy atom. The second-order valence-electron chi connectivity index (χ2n) is 3.64. The van der Waals surface area contributed by atoms with Crippen LogP contribution in [0.5, 0.6) is 0 Å². The van der Waals surface area contributed by atoms with E-state index in [-0.39, 0.29) is 0 Å². The number of hydrogen-bond acceptors (Lipinski definition) is 3. The van der Waals surface area contributed by atoms with Crippen LogP contribution in [-0.2, 0) is 0 Å². The maximum absolute atomic E-state index is 5.39. The summed E-state index contributed by atoms with van der Waals surface area (Å²) in [5.74, 6) is 0. The summed E-state index contributed by atoms with van der Waals surface area (Å²) in [5, 5.41) is 0.316. The van der Waals surface area contributed by atoms with Crippen LogP contribution in [0.2, 0.25) is 0 Å². The Balaban J connectivity index is 2.63. The van der Waals surface area contributed by atoms with Crippen molar-refractivity contribution >= 4 is 34.6 Å². The molecule has 0 saturated carbocycles. The van der Waals surface area contributed by atoms with E-state index in [0.717, 1.165) is 10.9 Å². The molecule has 1 rings (SSSR count). The smallest absolute Gasteiger partial charge is 0.146 e. The van der Waals surface area contributed by atoms with Gasteiger partial charge in [0.2, 0.25) is 0 Å². The first kappa shape index (κ1) is 14.9. The zero-order chi connectivity index (χ0) is 13.4. The minimum Gasteiger partial charge on any atom is -0.294 e. The van der Waals surface area contributed by atoms with Crippen molar-refractivity contribution in [1.82, 2.24) is 4.90 Å². The standard InChI is InChI=1S/C14H18N2S2/c1-4-15-11-16(5-2)14(17)18-12(3)13-9-7-6-8-10-13/h5-12H,2,4H2,1,3H3. The number of thioether (sulfide) groups is 1. The van der Waals surface area contributed by atoms with Crippen molar-refractivity contribution in [3.63, 3.8) is 0 Å². The number of thiocarbonyl (C=S) groups is 1. The van der Waals surface area contributed by atoms with E-state index in [0.29, 0.717) is 5.25 Å². The summed E-state index contributed by atoms with van der Waals surface area (Å²) in [6.45, 7) is 8.62. The summed E-state index contributed by atoms with van der Waals surface area (Å²) >= 11 is 7.02. The van der Waals surface area contributed by atoms with E-state index < -0.39 is 0 Å². The van der Waals surface area contributed by atoms with E-state index in [1.165, 1.54) is 5.56 Å². The molecule has 1 aromatic rings. The summed E-state index contributed by atoms with van der Waals surface area (Å²) in [6.07, 6.45) is 3.41. The third-order valence-electron chi connectivity index (χ3n) is 2.34. The topological polar surface area (TPSA) is 15.6 Å². The van der Waals surface area contributed by atoms with Gasteiger partial charge in [-0.2, -0.15) is 0 Å². The second-order valence-corrected chi connectivity index (χ2v) is 5.62. The van der Waals surface area contributed by atoms with Crippen LogP contribution in [0.1, 0.15) is 24.7 Å². The van der Waals surface area contributed by atoms with Crippen molar-refractivity contribution < 1.29 is 0 Å². The maximum atomic E-state index is 5.39. The van der Waals surface area contributed by atoms with Crippen molar-refractivity contribution in [2.24, 2.45) is 4.99 Å². The molecule has 1 unspecified atom stereocenters. The largest absolute Gasteiger partial charge is 0.294 e. The highest BCUT2D eigenvalue weighted by Crippen LogP contribution is 2.30. The molecule has 4 heteroatoms. The number of rotatable bonds is 5. The van der Waals surface area contributed by atoms with Crippen molar-refractivity contribution in [3.05, 3.63) is 48.7 Å². The summed E-state index contributed by atoms with van der Waals surface area (Å²) < 4.78 is 0.763. The van der Waals surface area contributed by atoms with Gasteiger partial charge >= 0.3 is 0 Å². The third-order valence-corrected chi connectivity index (χ3v) is 3.88. The molecule has 0 radical (unpaired) electrons. The van der Waals surface area contributed by atoms with Crippen LogP contribution in [0.15, 0.2) is 48.1 Å². The highest BCUT2D eigenvalue weighted by Gasteiger charge is 2.11. The summed E-state index contributed by atoms with van der Waals surface area (Å²) in [6, 6.07) is 10.3. The van der Waals surface area contributed by atoms with Gasteiger partial charge in [-0.3, -0.25) is 9.89 Å². The second kappa shape index (κ2) is 8.06. The molecule has 0 N–H and O–H groups in total. The van der Waals surface area contributed by atoms with Gasteiger partial charge in [-0.05, 0) is 19.4 Å². The van der Waals surface area contributed by atoms with Gasteiger partial charge in [0.15, 0.2) is 0 Å². The lowest BCUT2D eigenvalue weighted by atomic mass is 10.2. The molecule has 0 spiro atoms. The number of benzene rings is 1. The minimum atomic E-state index is 0.316. The molecule has 0 saturated heterocycles. The molecule has 0 aliphatic carbocycles. The van der Waals surface area contributed by atoms with E-state index in [9.17, 15) is 0 Å². The van der Waals surface area contributed by atoms with Gasteiger partial charge in [0.1, 0.15) is 4.32 Å². The number of hydrogen-bond donors (Lipinski definition) is 0. The molecule has 0 aliphatic rings. The molecule has 0 fully saturated rings. The molecule has 18 heavy (non-hydrogen) atoms. The van der Waals surface area contributed by atoms with E-state index in [2.05, 4.69) is 30.6 Å². The Labute approximate surface area is 119 Å². The van der Waals surface area contributed by atoms with Gasteiger partial charge in [0.25, 0.3) is 0 Å². The zero-order valence-corrected chi connectivity index (χ0v) is 12.4. The fourth-order valence-corrected chi connectivity index (χ4v) is 2.74. The molecule has 1 atom stereocenters. The highest BCUT2D eigenvalue weighted by atomic mass is 32.2. The lowest BCUT2D eigenvalue weighted by Crippen LogP contribution is -2.19. The van der Waals surface area contributed by atoms with E-state index >= 15 is 0 Å². The molecule has 0 heterocycles.